The van der Waals surface area contributed by atoms with Crippen LogP contribution < -0.4 is 5.56 Å². The lowest BCUT2D eigenvalue weighted by molar-refractivity contribution is -0.137. The maximum atomic E-state index is 13.0. The van der Waals surface area contributed by atoms with Gasteiger partial charge in [-0.25, -0.2) is 13.4 Å². The average Bonchev–Trinajstić information content (AvgIpc) is 2.74. The molecule has 0 spiro atoms. The molecule has 0 saturated carbocycles. The number of sulfonamides is 1. The molecule has 0 unspecified atom stereocenters. The van der Waals surface area contributed by atoms with E-state index in [1.165, 1.54) is 10.9 Å². The molecule has 0 aliphatic carbocycles. The van der Waals surface area contributed by atoms with Crippen LogP contribution in [0.5, 0.6) is 0 Å². The van der Waals surface area contributed by atoms with Crippen LogP contribution in [0, 0.1) is 0 Å². The molecule has 1 fully saturated rings. The second-order valence-electron chi connectivity index (χ2n) is 7.25. The van der Waals surface area contributed by atoms with Crippen molar-refractivity contribution in [3.8, 4) is 0 Å². The molecule has 2 aromatic carbocycles. The van der Waals surface area contributed by atoms with Crippen LogP contribution in [0.1, 0.15) is 24.4 Å². The Labute approximate surface area is 180 Å². The van der Waals surface area contributed by atoms with Crippen molar-refractivity contribution in [3.63, 3.8) is 0 Å². The molecule has 1 aliphatic rings. The summed E-state index contributed by atoms with van der Waals surface area (Å²) in [5.41, 5.74) is -0.891. The minimum Gasteiger partial charge on any atom is -0.296 e. The van der Waals surface area contributed by atoms with Gasteiger partial charge in [-0.15, -0.1) is 0 Å². The maximum Gasteiger partial charge on any atom is 0.416 e. The number of piperidine rings is 1. The van der Waals surface area contributed by atoms with Gasteiger partial charge in [0.1, 0.15) is 0 Å². The lowest BCUT2D eigenvalue weighted by atomic mass is 10.1. The molecule has 1 saturated heterocycles. The minimum atomic E-state index is -4.63. The smallest absolute Gasteiger partial charge is 0.296 e. The molecule has 1 aromatic heterocycles. The highest BCUT2D eigenvalue weighted by Crippen LogP contribution is 2.32. The van der Waals surface area contributed by atoms with E-state index >= 15 is 0 Å². The van der Waals surface area contributed by atoms with Crippen LogP contribution in [-0.2, 0) is 16.2 Å². The summed E-state index contributed by atoms with van der Waals surface area (Å²) in [6.45, 7) is 0.145. The van der Waals surface area contributed by atoms with E-state index in [-0.39, 0.29) is 24.7 Å². The summed E-state index contributed by atoms with van der Waals surface area (Å²) in [6, 6.07) is 8.34. The third kappa shape index (κ3) is 4.07. The van der Waals surface area contributed by atoms with Crippen molar-refractivity contribution in [2.24, 2.45) is 0 Å². The number of fused-ring (bicyclic) bond motifs is 1. The summed E-state index contributed by atoms with van der Waals surface area (Å²) in [5, 5.41) is 0.734. The molecule has 0 amide bonds. The topological polar surface area (TPSA) is 72.3 Å². The van der Waals surface area contributed by atoms with Crippen molar-refractivity contribution < 1.29 is 21.6 Å². The van der Waals surface area contributed by atoms with Crippen LogP contribution in [0.3, 0.4) is 0 Å². The van der Waals surface area contributed by atoms with Crippen LogP contribution in [0.25, 0.3) is 10.9 Å². The summed E-state index contributed by atoms with van der Waals surface area (Å²) < 4.78 is 67.2. The first kappa shape index (κ1) is 21.8. The van der Waals surface area contributed by atoms with Crippen molar-refractivity contribution in [2.75, 3.05) is 13.1 Å². The van der Waals surface area contributed by atoms with Crippen molar-refractivity contribution in [1.82, 2.24) is 13.9 Å². The summed E-state index contributed by atoms with van der Waals surface area (Å²) >= 11 is 6.08. The predicted octanol–water partition coefficient (Wildman–Crippen LogP) is 4.09. The quantitative estimate of drug-likeness (QED) is 0.576. The lowest BCUT2D eigenvalue weighted by Gasteiger charge is -2.32. The Morgan fingerprint density at radius 1 is 1.06 bits per heavy atom. The molecule has 0 bridgehead atoms. The minimum absolute atomic E-state index is 0.0727. The van der Waals surface area contributed by atoms with Crippen LogP contribution in [0.4, 0.5) is 13.2 Å². The van der Waals surface area contributed by atoms with Crippen LogP contribution in [-0.4, -0.2) is 35.4 Å². The number of hydrogen-bond donors (Lipinski definition) is 0. The van der Waals surface area contributed by atoms with Gasteiger partial charge in [-0.2, -0.15) is 17.5 Å². The molecule has 0 atom stereocenters. The molecule has 164 valence electrons. The van der Waals surface area contributed by atoms with Gasteiger partial charge in [-0.1, -0.05) is 23.7 Å². The standard InChI is InChI=1S/C20H17ClF3N3O3S/c21-17-6-2-5-16-18(17)25-12-27(19(16)28)14-7-9-26(10-8-14)31(29,30)15-4-1-3-13(11-15)20(22,23)24/h1-6,11-12,14H,7-10H2. The molecular formula is C20H17ClF3N3O3S. The molecule has 11 heteroatoms. The zero-order valence-corrected chi connectivity index (χ0v) is 17.6. The van der Waals surface area contributed by atoms with Gasteiger partial charge in [0.05, 0.1) is 32.7 Å². The Morgan fingerprint density at radius 2 is 1.74 bits per heavy atom. The molecular weight excluding hydrogens is 455 g/mol. The lowest BCUT2D eigenvalue weighted by Crippen LogP contribution is -2.40. The Bertz CT molecular complexity index is 1300. The van der Waals surface area contributed by atoms with E-state index in [0.717, 1.165) is 22.5 Å². The first-order valence-corrected chi connectivity index (χ1v) is 11.2. The average molecular weight is 472 g/mol. The number of halogens is 4. The Morgan fingerprint density at radius 3 is 2.42 bits per heavy atom. The van der Waals surface area contributed by atoms with Gasteiger partial charge in [-0.3, -0.25) is 9.36 Å². The maximum absolute atomic E-state index is 13.0. The monoisotopic (exact) mass is 471 g/mol. The van der Waals surface area contributed by atoms with Crippen LogP contribution in [0.15, 0.2) is 58.5 Å². The third-order valence-electron chi connectivity index (χ3n) is 5.38. The van der Waals surface area contributed by atoms with Crippen molar-refractivity contribution in [2.45, 2.75) is 30.0 Å². The van der Waals surface area contributed by atoms with E-state index in [0.29, 0.717) is 34.8 Å². The van der Waals surface area contributed by atoms with Gasteiger partial charge >= 0.3 is 6.18 Å². The van der Waals surface area contributed by atoms with E-state index in [1.807, 2.05) is 0 Å². The molecule has 3 aromatic rings. The van der Waals surface area contributed by atoms with Gasteiger partial charge in [0.15, 0.2) is 0 Å². The van der Waals surface area contributed by atoms with Gasteiger partial charge < -0.3 is 0 Å². The summed E-state index contributed by atoms with van der Waals surface area (Å²) in [4.78, 5) is 16.7. The van der Waals surface area contributed by atoms with E-state index in [9.17, 15) is 26.4 Å². The van der Waals surface area contributed by atoms with Crippen LogP contribution >= 0.6 is 11.6 Å². The van der Waals surface area contributed by atoms with E-state index < -0.39 is 26.7 Å². The Kier molecular flexibility index (Phi) is 5.57. The highest BCUT2D eigenvalue weighted by molar-refractivity contribution is 7.89. The van der Waals surface area contributed by atoms with Gasteiger partial charge in [0, 0.05) is 19.1 Å². The summed E-state index contributed by atoms with van der Waals surface area (Å²) in [7, 11) is -4.09. The number of para-hydroxylation sites is 1. The zero-order chi connectivity index (χ0) is 22.4. The van der Waals surface area contributed by atoms with Gasteiger partial charge in [0.25, 0.3) is 5.56 Å². The predicted molar refractivity (Wildman–Crippen MR) is 109 cm³/mol. The molecule has 4 rings (SSSR count). The number of hydrogen-bond acceptors (Lipinski definition) is 4. The molecule has 0 radical (unpaired) electrons. The highest BCUT2D eigenvalue weighted by atomic mass is 35.5. The number of nitrogens with zero attached hydrogens (tertiary/aromatic N) is 3. The number of benzene rings is 2. The highest BCUT2D eigenvalue weighted by Gasteiger charge is 2.34. The van der Waals surface area contributed by atoms with E-state index in [2.05, 4.69) is 4.98 Å². The normalized spacial score (nSPS) is 16.6. The SMILES string of the molecule is O=c1c2cccc(Cl)c2ncn1C1CCN(S(=O)(=O)c2cccc(C(F)(F)F)c2)CC1. The van der Waals surface area contributed by atoms with E-state index in [4.69, 9.17) is 11.6 Å². The largest absolute Gasteiger partial charge is 0.416 e. The van der Waals surface area contributed by atoms with Crippen molar-refractivity contribution in [3.05, 3.63) is 69.7 Å². The van der Waals surface area contributed by atoms with Gasteiger partial charge in [-0.05, 0) is 43.2 Å². The number of alkyl halides is 3. The number of rotatable bonds is 3. The van der Waals surface area contributed by atoms with Crippen molar-refractivity contribution >= 4 is 32.5 Å². The fourth-order valence-corrected chi connectivity index (χ4v) is 5.47. The molecule has 2 heterocycles. The fourth-order valence-electron chi connectivity index (χ4n) is 3.73. The molecule has 0 N–H and O–H groups in total. The third-order valence-corrected chi connectivity index (χ3v) is 7.58. The first-order chi connectivity index (χ1) is 14.6. The zero-order valence-electron chi connectivity index (χ0n) is 16.0. The second-order valence-corrected chi connectivity index (χ2v) is 9.60. The summed E-state index contributed by atoms with van der Waals surface area (Å²) in [6.07, 6.45) is -2.58. The Balaban J connectivity index is 1.56. The Hall–Kier alpha value is -2.43. The van der Waals surface area contributed by atoms with Crippen LogP contribution in [0.2, 0.25) is 5.02 Å². The van der Waals surface area contributed by atoms with E-state index in [1.54, 1.807) is 18.2 Å². The molecule has 1 aliphatic heterocycles. The number of aromatic nitrogens is 2. The second kappa shape index (κ2) is 7.92. The molecule has 6 nitrogen and oxygen atoms in total. The molecule has 31 heavy (non-hydrogen) atoms. The van der Waals surface area contributed by atoms with Crippen molar-refractivity contribution in [1.29, 1.82) is 0 Å². The fraction of sp³-hybridized carbons (Fsp3) is 0.300. The first-order valence-electron chi connectivity index (χ1n) is 9.42. The van der Waals surface area contributed by atoms with Gasteiger partial charge in [0.2, 0.25) is 10.0 Å². The summed E-state index contributed by atoms with van der Waals surface area (Å²) in [5.74, 6) is 0.